The van der Waals surface area contributed by atoms with Crippen molar-refractivity contribution in [2.45, 2.75) is 26.8 Å². The number of hydrogen-bond donors (Lipinski definition) is 0. The average Bonchev–Trinajstić information content (AvgIpc) is 3.27. The van der Waals surface area contributed by atoms with Crippen molar-refractivity contribution in [3.8, 4) is 28.5 Å². The molecule has 148 valence electrons. The number of aryl methyl sites for hydroxylation is 1. The molecule has 0 saturated heterocycles. The zero-order valence-electron chi connectivity index (χ0n) is 15.8. The van der Waals surface area contributed by atoms with Gasteiger partial charge in [-0.1, -0.05) is 53.9 Å². The van der Waals surface area contributed by atoms with E-state index in [4.69, 9.17) is 39.9 Å². The molecule has 4 aromatic rings. The summed E-state index contributed by atoms with van der Waals surface area (Å²) in [6.45, 7) is 4.73. The van der Waals surface area contributed by atoms with Crippen LogP contribution in [0.5, 0.6) is 0 Å². The predicted octanol–water partition coefficient (Wildman–Crippen LogP) is 5.87. The Morgan fingerprint density at radius 1 is 0.931 bits per heavy atom. The highest BCUT2D eigenvalue weighted by Crippen LogP contribution is 2.35. The maximum absolute atomic E-state index is 6.49. The molecule has 0 bridgehead atoms. The van der Waals surface area contributed by atoms with Gasteiger partial charge in [0.05, 0.1) is 22.9 Å². The van der Waals surface area contributed by atoms with Crippen molar-refractivity contribution in [2.75, 3.05) is 0 Å². The van der Waals surface area contributed by atoms with Gasteiger partial charge in [0.2, 0.25) is 5.82 Å². The van der Waals surface area contributed by atoms with Crippen molar-refractivity contribution in [1.29, 1.82) is 0 Å². The van der Waals surface area contributed by atoms with Crippen LogP contribution >= 0.6 is 34.8 Å². The van der Waals surface area contributed by atoms with Crippen LogP contribution in [-0.4, -0.2) is 30.0 Å². The highest BCUT2D eigenvalue weighted by molar-refractivity contribution is 6.35. The maximum Gasteiger partial charge on any atom is 0.225 e. The lowest BCUT2D eigenvalue weighted by molar-refractivity contribution is 0.515. The van der Waals surface area contributed by atoms with E-state index in [9.17, 15) is 0 Å². The normalized spacial score (nSPS) is 11.2. The molecule has 0 N–H and O–H groups in total. The number of halogens is 3. The molecule has 0 aliphatic rings. The molecule has 0 fully saturated rings. The van der Waals surface area contributed by atoms with Gasteiger partial charge in [-0.25, -0.2) is 4.68 Å². The van der Waals surface area contributed by atoms with E-state index in [0.29, 0.717) is 38.8 Å². The van der Waals surface area contributed by atoms with Crippen LogP contribution in [0.25, 0.3) is 28.5 Å². The van der Waals surface area contributed by atoms with E-state index >= 15 is 0 Å². The molecular formula is C20H17Cl3N6. The monoisotopic (exact) mass is 446 g/mol. The molecule has 2 aromatic carbocycles. The molecule has 0 saturated carbocycles. The summed E-state index contributed by atoms with van der Waals surface area (Å²) in [5, 5.41) is 19.3. The van der Waals surface area contributed by atoms with Gasteiger partial charge < -0.3 is 0 Å². The van der Waals surface area contributed by atoms with Gasteiger partial charge in [0, 0.05) is 21.2 Å². The van der Waals surface area contributed by atoms with E-state index in [1.54, 1.807) is 21.6 Å². The molecule has 0 aliphatic heterocycles. The Labute approximate surface area is 183 Å². The molecule has 0 spiro atoms. The van der Waals surface area contributed by atoms with Crippen molar-refractivity contribution in [3.63, 3.8) is 0 Å². The third kappa shape index (κ3) is 3.88. The lowest BCUT2D eigenvalue weighted by Gasteiger charge is -2.11. The molecule has 2 aromatic heterocycles. The van der Waals surface area contributed by atoms with Crippen LogP contribution in [0.3, 0.4) is 0 Å². The molecule has 6 nitrogen and oxygen atoms in total. The third-order valence-electron chi connectivity index (χ3n) is 4.47. The summed E-state index contributed by atoms with van der Waals surface area (Å²) >= 11 is 18.7. The Bertz CT molecular complexity index is 1160. The molecule has 0 aliphatic carbocycles. The summed E-state index contributed by atoms with van der Waals surface area (Å²) in [6.07, 6.45) is 0.916. The van der Waals surface area contributed by atoms with Crippen molar-refractivity contribution in [1.82, 2.24) is 30.0 Å². The van der Waals surface area contributed by atoms with Gasteiger partial charge in [-0.15, -0.1) is 10.2 Å². The SMILES string of the molecule is CCCn1nnc(-c2nn(-c3ccc(Cl)cc3Cl)c(-c3ccc(Cl)cc3)c2C)n1. The molecule has 4 rings (SSSR count). The molecule has 29 heavy (non-hydrogen) atoms. The van der Waals surface area contributed by atoms with Crippen molar-refractivity contribution in [3.05, 3.63) is 63.1 Å². The van der Waals surface area contributed by atoms with Gasteiger partial charge in [-0.05, 0) is 48.9 Å². The third-order valence-corrected chi connectivity index (χ3v) is 5.26. The van der Waals surface area contributed by atoms with E-state index in [0.717, 1.165) is 23.2 Å². The van der Waals surface area contributed by atoms with Crippen molar-refractivity contribution < 1.29 is 0 Å². The van der Waals surface area contributed by atoms with Crippen LogP contribution in [0, 0.1) is 6.92 Å². The number of tetrazole rings is 1. The Balaban J connectivity index is 1.93. The molecule has 0 amide bonds. The lowest BCUT2D eigenvalue weighted by atomic mass is 10.1. The molecule has 0 unspecified atom stereocenters. The second kappa shape index (κ2) is 8.14. The summed E-state index contributed by atoms with van der Waals surface area (Å²) in [4.78, 5) is 1.57. The number of nitrogens with zero attached hydrogens (tertiary/aromatic N) is 6. The first-order valence-corrected chi connectivity index (χ1v) is 10.2. The second-order valence-corrected chi connectivity index (χ2v) is 7.83. The standard InChI is InChI=1S/C20H17Cl3N6/c1-3-10-28-26-20(24-27-28)18-12(2)19(13-4-6-14(21)7-5-13)29(25-18)17-9-8-15(22)11-16(17)23/h4-9,11H,3,10H2,1-2H3. The highest BCUT2D eigenvalue weighted by atomic mass is 35.5. The van der Waals surface area contributed by atoms with E-state index in [2.05, 4.69) is 22.3 Å². The predicted molar refractivity (Wildman–Crippen MR) is 116 cm³/mol. The molecule has 0 atom stereocenters. The average molecular weight is 448 g/mol. The van der Waals surface area contributed by atoms with Gasteiger partial charge in [-0.3, -0.25) is 0 Å². The van der Waals surface area contributed by atoms with Crippen LogP contribution in [0.4, 0.5) is 0 Å². The molecular weight excluding hydrogens is 431 g/mol. The molecule has 0 radical (unpaired) electrons. The van der Waals surface area contributed by atoms with Crippen LogP contribution in [0.15, 0.2) is 42.5 Å². The fourth-order valence-electron chi connectivity index (χ4n) is 3.12. The van der Waals surface area contributed by atoms with Gasteiger partial charge in [0.15, 0.2) is 0 Å². The summed E-state index contributed by atoms with van der Waals surface area (Å²) in [5.74, 6) is 0.468. The van der Waals surface area contributed by atoms with Crippen LogP contribution < -0.4 is 0 Å². The fourth-order valence-corrected chi connectivity index (χ4v) is 3.73. The number of hydrogen-bond acceptors (Lipinski definition) is 4. The first-order chi connectivity index (χ1) is 14.0. The van der Waals surface area contributed by atoms with Crippen LogP contribution in [0.1, 0.15) is 18.9 Å². The quantitative estimate of drug-likeness (QED) is 0.384. The fraction of sp³-hybridized carbons (Fsp3) is 0.200. The molecule has 2 heterocycles. The molecule has 9 heteroatoms. The topological polar surface area (TPSA) is 61.4 Å². The van der Waals surface area contributed by atoms with Gasteiger partial charge in [-0.2, -0.15) is 9.90 Å². The largest absolute Gasteiger partial charge is 0.231 e. The van der Waals surface area contributed by atoms with Crippen LogP contribution in [0.2, 0.25) is 15.1 Å². The maximum atomic E-state index is 6.49. The summed E-state index contributed by atoms with van der Waals surface area (Å²) < 4.78 is 1.78. The summed E-state index contributed by atoms with van der Waals surface area (Å²) in [5.41, 5.74) is 4.07. The Morgan fingerprint density at radius 2 is 1.66 bits per heavy atom. The summed E-state index contributed by atoms with van der Waals surface area (Å²) in [7, 11) is 0. The zero-order valence-corrected chi connectivity index (χ0v) is 18.0. The minimum Gasteiger partial charge on any atom is -0.231 e. The first kappa shape index (κ1) is 19.9. The number of aromatic nitrogens is 6. The Kier molecular flexibility index (Phi) is 5.58. The number of benzene rings is 2. The van der Waals surface area contributed by atoms with Crippen LogP contribution in [-0.2, 0) is 6.54 Å². The van der Waals surface area contributed by atoms with Crippen molar-refractivity contribution >= 4 is 34.8 Å². The smallest absolute Gasteiger partial charge is 0.225 e. The van der Waals surface area contributed by atoms with E-state index in [-0.39, 0.29) is 0 Å². The van der Waals surface area contributed by atoms with E-state index < -0.39 is 0 Å². The minimum atomic E-state index is 0.468. The second-order valence-electron chi connectivity index (χ2n) is 6.55. The zero-order chi connectivity index (χ0) is 20.5. The number of rotatable bonds is 5. The van der Waals surface area contributed by atoms with Gasteiger partial charge >= 0.3 is 0 Å². The van der Waals surface area contributed by atoms with Gasteiger partial charge in [0.25, 0.3) is 0 Å². The minimum absolute atomic E-state index is 0.468. The van der Waals surface area contributed by atoms with E-state index in [1.165, 1.54) is 0 Å². The highest BCUT2D eigenvalue weighted by Gasteiger charge is 2.22. The first-order valence-electron chi connectivity index (χ1n) is 9.07. The lowest BCUT2D eigenvalue weighted by Crippen LogP contribution is -2.01. The Morgan fingerprint density at radius 3 is 2.34 bits per heavy atom. The Hall–Kier alpha value is -2.41. The van der Waals surface area contributed by atoms with Gasteiger partial charge in [0.1, 0.15) is 5.69 Å². The van der Waals surface area contributed by atoms with E-state index in [1.807, 2.05) is 37.3 Å². The summed E-state index contributed by atoms with van der Waals surface area (Å²) in [6, 6.07) is 12.9. The van der Waals surface area contributed by atoms with Crippen molar-refractivity contribution in [2.24, 2.45) is 0 Å².